The van der Waals surface area contributed by atoms with E-state index < -0.39 is 11.7 Å². The molecule has 1 heterocycles. The Labute approximate surface area is 156 Å². The number of nitrogens with zero attached hydrogens (tertiary/aromatic N) is 3. The molecule has 0 saturated heterocycles. The van der Waals surface area contributed by atoms with E-state index in [4.69, 9.17) is 4.52 Å². The lowest BCUT2D eigenvalue weighted by Crippen LogP contribution is -2.17. The van der Waals surface area contributed by atoms with Crippen LogP contribution in [0.1, 0.15) is 17.0 Å². The SMILES string of the molecule is CN(Cc1ccc(Br)cc1)Cc1nc(-c2ccc(C(F)(F)F)cc2)no1. The number of aromatic nitrogens is 2. The van der Waals surface area contributed by atoms with Gasteiger partial charge in [-0.15, -0.1) is 0 Å². The van der Waals surface area contributed by atoms with Crippen molar-refractivity contribution in [1.29, 1.82) is 0 Å². The Morgan fingerprint density at radius 3 is 2.27 bits per heavy atom. The summed E-state index contributed by atoms with van der Waals surface area (Å²) in [5, 5.41) is 3.85. The number of hydrogen-bond acceptors (Lipinski definition) is 4. The van der Waals surface area contributed by atoms with E-state index in [9.17, 15) is 13.2 Å². The molecule has 4 nitrogen and oxygen atoms in total. The smallest absolute Gasteiger partial charge is 0.338 e. The van der Waals surface area contributed by atoms with Gasteiger partial charge in [0.05, 0.1) is 12.1 Å². The van der Waals surface area contributed by atoms with Crippen LogP contribution in [0.4, 0.5) is 13.2 Å². The first-order valence-corrected chi connectivity index (χ1v) is 8.54. The number of halogens is 4. The maximum atomic E-state index is 12.6. The molecule has 3 rings (SSSR count). The molecule has 8 heteroatoms. The standard InChI is InChI=1S/C18H15BrF3N3O/c1-25(10-12-2-8-15(19)9-3-12)11-16-23-17(24-26-16)13-4-6-14(7-5-13)18(20,21)22/h2-9H,10-11H2,1H3. The zero-order valence-corrected chi connectivity index (χ0v) is 15.4. The second kappa shape index (κ2) is 7.59. The third-order valence-corrected chi connectivity index (χ3v) is 4.24. The summed E-state index contributed by atoms with van der Waals surface area (Å²) < 4.78 is 44.1. The minimum absolute atomic E-state index is 0.269. The topological polar surface area (TPSA) is 42.2 Å². The van der Waals surface area contributed by atoms with E-state index in [2.05, 4.69) is 26.1 Å². The molecule has 0 unspecified atom stereocenters. The first-order valence-electron chi connectivity index (χ1n) is 7.74. The Bertz CT molecular complexity index is 861. The number of hydrogen-bond donors (Lipinski definition) is 0. The van der Waals surface area contributed by atoms with E-state index in [0.29, 0.717) is 24.5 Å². The van der Waals surface area contributed by atoms with Crippen LogP contribution in [-0.4, -0.2) is 22.1 Å². The van der Waals surface area contributed by atoms with Crippen LogP contribution in [0.5, 0.6) is 0 Å². The minimum Gasteiger partial charge on any atom is -0.338 e. The first-order chi connectivity index (χ1) is 12.3. The molecule has 2 aromatic carbocycles. The first kappa shape index (κ1) is 18.6. The fourth-order valence-corrected chi connectivity index (χ4v) is 2.70. The highest BCUT2D eigenvalue weighted by Crippen LogP contribution is 2.30. The Hall–Kier alpha value is -2.19. The van der Waals surface area contributed by atoms with Crippen LogP contribution >= 0.6 is 15.9 Å². The lowest BCUT2D eigenvalue weighted by Gasteiger charge is -2.14. The quantitative estimate of drug-likeness (QED) is 0.566. The van der Waals surface area contributed by atoms with Crippen LogP contribution in [0.15, 0.2) is 57.5 Å². The van der Waals surface area contributed by atoms with E-state index in [1.165, 1.54) is 12.1 Å². The fourth-order valence-electron chi connectivity index (χ4n) is 2.43. The summed E-state index contributed by atoms with van der Waals surface area (Å²) in [5.41, 5.74) is 0.904. The number of rotatable bonds is 5. The largest absolute Gasteiger partial charge is 0.416 e. The van der Waals surface area contributed by atoms with Crippen molar-refractivity contribution in [3.05, 3.63) is 70.0 Å². The highest BCUT2D eigenvalue weighted by atomic mass is 79.9. The second-order valence-corrected chi connectivity index (χ2v) is 6.80. The van der Waals surface area contributed by atoms with E-state index >= 15 is 0 Å². The van der Waals surface area contributed by atoms with E-state index in [1.54, 1.807) is 0 Å². The molecule has 1 aromatic heterocycles. The van der Waals surface area contributed by atoms with Gasteiger partial charge < -0.3 is 4.52 Å². The van der Waals surface area contributed by atoms with Gasteiger partial charge in [0.15, 0.2) is 0 Å². The van der Waals surface area contributed by atoms with Crippen molar-refractivity contribution in [2.45, 2.75) is 19.3 Å². The summed E-state index contributed by atoms with van der Waals surface area (Å²) in [6, 6.07) is 12.7. The van der Waals surface area contributed by atoms with Crippen molar-refractivity contribution in [3.8, 4) is 11.4 Å². The van der Waals surface area contributed by atoms with Crippen LogP contribution in [0, 0.1) is 0 Å². The van der Waals surface area contributed by atoms with Crippen molar-refractivity contribution < 1.29 is 17.7 Å². The highest BCUT2D eigenvalue weighted by molar-refractivity contribution is 9.10. The van der Waals surface area contributed by atoms with Gasteiger partial charge in [-0.05, 0) is 36.9 Å². The van der Waals surface area contributed by atoms with Crippen molar-refractivity contribution in [3.63, 3.8) is 0 Å². The third kappa shape index (κ3) is 4.70. The lowest BCUT2D eigenvalue weighted by molar-refractivity contribution is -0.137. The van der Waals surface area contributed by atoms with Gasteiger partial charge in [0.1, 0.15) is 0 Å². The van der Waals surface area contributed by atoms with Crippen LogP contribution < -0.4 is 0 Å². The Balaban J connectivity index is 1.65. The molecular weight excluding hydrogens is 411 g/mol. The minimum atomic E-state index is -4.36. The molecule has 0 aliphatic rings. The molecule has 0 spiro atoms. The fraction of sp³-hybridized carbons (Fsp3) is 0.222. The monoisotopic (exact) mass is 425 g/mol. The summed E-state index contributed by atoms with van der Waals surface area (Å²) in [5.74, 6) is 0.672. The predicted molar refractivity (Wildman–Crippen MR) is 94.0 cm³/mol. The summed E-state index contributed by atoms with van der Waals surface area (Å²) in [6.07, 6.45) is -4.36. The van der Waals surface area contributed by atoms with Crippen LogP contribution in [0.25, 0.3) is 11.4 Å². The Morgan fingerprint density at radius 1 is 1.00 bits per heavy atom. The molecule has 136 valence electrons. The molecule has 0 amide bonds. The molecule has 0 bridgehead atoms. The predicted octanol–water partition coefficient (Wildman–Crippen LogP) is 5.15. The molecule has 0 N–H and O–H groups in total. The zero-order valence-electron chi connectivity index (χ0n) is 13.8. The van der Waals surface area contributed by atoms with Crippen molar-refractivity contribution in [2.24, 2.45) is 0 Å². The average molecular weight is 426 g/mol. The summed E-state index contributed by atoms with van der Waals surface area (Å²) in [7, 11) is 1.92. The molecule has 26 heavy (non-hydrogen) atoms. The van der Waals surface area contributed by atoms with E-state index in [1.807, 2.05) is 36.2 Å². The maximum absolute atomic E-state index is 12.6. The molecule has 0 fully saturated rings. The Kier molecular flexibility index (Phi) is 5.43. The van der Waals surface area contributed by atoms with Crippen LogP contribution in [0.3, 0.4) is 0 Å². The summed E-state index contributed by atoms with van der Waals surface area (Å²) in [6.45, 7) is 1.13. The van der Waals surface area contributed by atoms with E-state index in [0.717, 1.165) is 22.2 Å². The normalized spacial score (nSPS) is 11.9. The van der Waals surface area contributed by atoms with Crippen molar-refractivity contribution >= 4 is 15.9 Å². The average Bonchev–Trinajstić information content (AvgIpc) is 3.04. The maximum Gasteiger partial charge on any atom is 0.416 e. The van der Waals surface area contributed by atoms with Crippen LogP contribution in [0.2, 0.25) is 0 Å². The Morgan fingerprint density at radius 2 is 1.65 bits per heavy atom. The molecule has 0 aliphatic heterocycles. The molecule has 0 radical (unpaired) electrons. The van der Waals surface area contributed by atoms with Gasteiger partial charge in [-0.2, -0.15) is 18.2 Å². The lowest BCUT2D eigenvalue weighted by atomic mass is 10.1. The molecule has 0 atom stereocenters. The zero-order chi connectivity index (χ0) is 18.7. The molecule has 0 saturated carbocycles. The molecule has 3 aromatic rings. The van der Waals surface area contributed by atoms with Crippen molar-refractivity contribution in [2.75, 3.05) is 7.05 Å². The van der Waals surface area contributed by atoms with Crippen molar-refractivity contribution in [1.82, 2.24) is 15.0 Å². The van der Waals surface area contributed by atoms with E-state index in [-0.39, 0.29) is 5.82 Å². The summed E-state index contributed by atoms with van der Waals surface area (Å²) in [4.78, 5) is 6.27. The number of alkyl halides is 3. The third-order valence-electron chi connectivity index (χ3n) is 3.71. The molecular formula is C18H15BrF3N3O. The highest BCUT2D eigenvalue weighted by Gasteiger charge is 2.30. The second-order valence-electron chi connectivity index (χ2n) is 5.89. The van der Waals surface area contributed by atoms with Gasteiger partial charge in [0.25, 0.3) is 0 Å². The van der Waals surface area contributed by atoms with Gasteiger partial charge in [-0.1, -0.05) is 45.4 Å². The molecule has 0 aliphatic carbocycles. The van der Waals surface area contributed by atoms with Crippen LogP contribution in [-0.2, 0) is 19.3 Å². The van der Waals surface area contributed by atoms with Gasteiger partial charge in [0.2, 0.25) is 11.7 Å². The van der Waals surface area contributed by atoms with Gasteiger partial charge in [-0.3, -0.25) is 4.90 Å². The summed E-state index contributed by atoms with van der Waals surface area (Å²) >= 11 is 3.40. The number of benzene rings is 2. The van der Waals surface area contributed by atoms with Gasteiger partial charge >= 0.3 is 6.18 Å². The van der Waals surface area contributed by atoms with Gasteiger partial charge in [0, 0.05) is 16.6 Å². The van der Waals surface area contributed by atoms with Gasteiger partial charge in [-0.25, -0.2) is 0 Å².